The maximum Gasteiger partial charge on any atom is 0.240 e. The number of nitrogens with zero attached hydrogens (tertiary/aromatic N) is 1. The molecule has 3 rings (SSSR count). The van der Waals surface area contributed by atoms with Gasteiger partial charge in [-0.1, -0.05) is 51.3 Å². The molecular formula is C17H14BrClN2O2S. The SMILES string of the molecule is Cc1ccc(S(=O)(=O)NCc2c(Br)ccc3c(Cl)ccnc23)cc1. The molecule has 124 valence electrons. The van der Waals surface area contributed by atoms with Gasteiger partial charge in [0.1, 0.15) is 0 Å². The molecule has 0 spiro atoms. The second kappa shape index (κ2) is 6.80. The van der Waals surface area contributed by atoms with Crippen molar-refractivity contribution >= 4 is 48.5 Å². The first kappa shape index (κ1) is 17.4. The van der Waals surface area contributed by atoms with E-state index < -0.39 is 10.0 Å². The average molecular weight is 426 g/mol. The second-order valence-corrected chi connectivity index (χ2v) is 8.38. The summed E-state index contributed by atoms with van der Waals surface area (Å²) >= 11 is 9.65. The lowest BCUT2D eigenvalue weighted by molar-refractivity contribution is 0.581. The van der Waals surface area contributed by atoms with E-state index in [2.05, 4.69) is 25.6 Å². The Balaban J connectivity index is 1.94. The van der Waals surface area contributed by atoms with Crippen molar-refractivity contribution in [2.45, 2.75) is 18.4 Å². The van der Waals surface area contributed by atoms with Crippen LogP contribution in [0.4, 0.5) is 0 Å². The van der Waals surface area contributed by atoms with E-state index in [0.29, 0.717) is 10.5 Å². The Morgan fingerprint density at radius 3 is 2.54 bits per heavy atom. The number of halogens is 2. The highest BCUT2D eigenvalue weighted by Crippen LogP contribution is 2.29. The molecule has 0 aliphatic carbocycles. The molecule has 0 radical (unpaired) electrons. The van der Waals surface area contributed by atoms with E-state index in [9.17, 15) is 8.42 Å². The van der Waals surface area contributed by atoms with Crippen LogP contribution in [0.2, 0.25) is 5.02 Å². The molecule has 4 nitrogen and oxygen atoms in total. The van der Waals surface area contributed by atoms with Crippen LogP contribution in [-0.4, -0.2) is 13.4 Å². The van der Waals surface area contributed by atoms with Crippen LogP contribution in [0.5, 0.6) is 0 Å². The monoisotopic (exact) mass is 424 g/mol. The van der Waals surface area contributed by atoms with Gasteiger partial charge in [0.2, 0.25) is 10.0 Å². The van der Waals surface area contributed by atoms with Crippen molar-refractivity contribution < 1.29 is 8.42 Å². The summed E-state index contributed by atoms with van der Waals surface area (Å²) in [5.74, 6) is 0. The van der Waals surface area contributed by atoms with E-state index in [1.54, 1.807) is 36.5 Å². The number of fused-ring (bicyclic) bond motifs is 1. The lowest BCUT2D eigenvalue weighted by Gasteiger charge is -2.11. The summed E-state index contributed by atoms with van der Waals surface area (Å²) in [7, 11) is -3.60. The summed E-state index contributed by atoms with van der Waals surface area (Å²) in [4.78, 5) is 4.57. The number of benzene rings is 2. The van der Waals surface area contributed by atoms with Crippen molar-refractivity contribution in [1.82, 2.24) is 9.71 Å². The van der Waals surface area contributed by atoms with Gasteiger partial charge in [0.25, 0.3) is 0 Å². The minimum absolute atomic E-state index is 0.113. The number of aromatic nitrogens is 1. The molecule has 7 heteroatoms. The topological polar surface area (TPSA) is 59.1 Å². The Morgan fingerprint density at radius 1 is 1.12 bits per heavy atom. The molecule has 0 unspecified atom stereocenters. The lowest BCUT2D eigenvalue weighted by atomic mass is 10.1. The molecule has 0 aliphatic heterocycles. The first-order chi connectivity index (χ1) is 11.4. The number of sulfonamides is 1. The third-order valence-electron chi connectivity index (χ3n) is 3.68. The fraction of sp³-hybridized carbons (Fsp3) is 0.118. The van der Waals surface area contributed by atoms with Gasteiger partial charge in [-0.15, -0.1) is 0 Å². The number of pyridine rings is 1. The van der Waals surface area contributed by atoms with Crippen LogP contribution < -0.4 is 4.72 Å². The van der Waals surface area contributed by atoms with Gasteiger partial charge in [-0.05, 0) is 31.2 Å². The Morgan fingerprint density at radius 2 is 1.83 bits per heavy atom. The van der Waals surface area contributed by atoms with Crippen molar-refractivity contribution in [3.63, 3.8) is 0 Å². The molecule has 0 fully saturated rings. The zero-order valence-electron chi connectivity index (χ0n) is 12.8. The van der Waals surface area contributed by atoms with E-state index >= 15 is 0 Å². The van der Waals surface area contributed by atoms with Gasteiger partial charge in [-0.2, -0.15) is 0 Å². The molecule has 2 aromatic carbocycles. The molecule has 0 aliphatic rings. The number of rotatable bonds is 4. The maximum absolute atomic E-state index is 12.5. The van der Waals surface area contributed by atoms with Crippen LogP contribution in [0.1, 0.15) is 11.1 Å². The fourth-order valence-electron chi connectivity index (χ4n) is 2.35. The van der Waals surface area contributed by atoms with Gasteiger partial charge in [0, 0.05) is 28.2 Å². The van der Waals surface area contributed by atoms with Gasteiger partial charge in [0.15, 0.2) is 0 Å². The Bertz CT molecular complexity index is 1010. The molecule has 24 heavy (non-hydrogen) atoms. The van der Waals surface area contributed by atoms with E-state index in [1.165, 1.54) is 0 Å². The minimum Gasteiger partial charge on any atom is -0.256 e. The van der Waals surface area contributed by atoms with Gasteiger partial charge in [-0.3, -0.25) is 4.98 Å². The summed E-state index contributed by atoms with van der Waals surface area (Å²) in [6, 6.07) is 12.1. The molecule has 0 saturated carbocycles. The van der Waals surface area contributed by atoms with Crippen LogP contribution in [0, 0.1) is 6.92 Å². The highest BCUT2D eigenvalue weighted by Gasteiger charge is 2.16. The first-order valence-corrected chi connectivity index (χ1v) is 9.82. The van der Waals surface area contributed by atoms with Crippen molar-refractivity contribution in [3.05, 3.63) is 69.3 Å². The number of hydrogen-bond acceptors (Lipinski definition) is 3. The second-order valence-electron chi connectivity index (χ2n) is 5.35. The van der Waals surface area contributed by atoms with Gasteiger partial charge in [-0.25, -0.2) is 13.1 Å². The zero-order chi connectivity index (χ0) is 17.3. The summed E-state index contributed by atoms with van der Waals surface area (Å²) in [6.45, 7) is 2.02. The quantitative estimate of drug-likeness (QED) is 0.672. The van der Waals surface area contributed by atoms with Gasteiger partial charge < -0.3 is 0 Å². The molecule has 0 saturated heterocycles. The Kier molecular flexibility index (Phi) is 4.92. The van der Waals surface area contributed by atoms with E-state index in [4.69, 9.17) is 11.6 Å². The molecule has 1 heterocycles. The summed E-state index contributed by atoms with van der Waals surface area (Å²) in [6.07, 6.45) is 1.61. The van der Waals surface area contributed by atoms with Crippen LogP contribution in [0.25, 0.3) is 10.9 Å². The molecule has 0 atom stereocenters. The molecule has 0 amide bonds. The summed E-state index contributed by atoms with van der Waals surface area (Å²) in [5.41, 5.74) is 2.42. The zero-order valence-corrected chi connectivity index (χ0v) is 15.9. The molecule has 1 aromatic heterocycles. The predicted octanol–water partition coefficient (Wildman–Crippen LogP) is 4.44. The third-order valence-corrected chi connectivity index (χ3v) is 6.17. The lowest BCUT2D eigenvalue weighted by Crippen LogP contribution is -2.23. The summed E-state index contributed by atoms with van der Waals surface area (Å²) in [5, 5.41) is 1.36. The van der Waals surface area contributed by atoms with Gasteiger partial charge >= 0.3 is 0 Å². The van der Waals surface area contributed by atoms with Crippen molar-refractivity contribution in [2.75, 3.05) is 0 Å². The van der Waals surface area contributed by atoms with Crippen molar-refractivity contribution in [3.8, 4) is 0 Å². The fourth-order valence-corrected chi connectivity index (χ4v) is 4.02. The van der Waals surface area contributed by atoms with E-state index in [0.717, 1.165) is 21.0 Å². The predicted molar refractivity (Wildman–Crippen MR) is 99.7 cm³/mol. The standard InChI is InChI=1S/C17H14BrClN2O2S/c1-11-2-4-12(5-3-11)24(22,23)21-10-14-15(18)7-6-13-16(19)8-9-20-17(13)14/h2-9,21H,10H2,1H3. The Hall–Kier alpha value is -1.47. The smallest absolute Gasteiger partial charge is 0.240 e. The van der Waals surface area contributed by atoms with Crippen molar-refractivity contribution in [1.29, 1.82) is 0 Å². The largest absolute Gasteiger partial charge is 0.256 e. The molecule has 0 bridgehead atoms. The van der Waals surface area contributed by atoms with Crippen LogP contribution in [0.3, 0.4) is 0 Å². The number of hydrogen-bond donors (Lipinski definition) is 1. The third kappa shape index (κ3) is 3.47. The van der Waals surface area contributed by atoms with Crippen molar-refractivity contribution in [2.24, 2.45) is 0 Å². The summed E-state index contributed by atoms with van der Waals surface area (Å²) < 4.78 is 28.3. The Labute approximate surface area is 154 Å². The molecular weight excluding hydrogens is 412 g/mol. The molecule has 1 N–H and O–H groups in total. The minimum atomic E-state index is -3.60. The van der Waals surface area contributed by atoms with Crippen LogP contribution in [0.15, 0.2) is 58.0 Å². The van der Waals surface area contributed by atoms with Crippen LogP contribution in [-0.2, 0) is 16.6 Å². The van der Waals surface area contributed by atoms with Gasteiger partial charge in [0.05, 0.1) is 15.4 Å². The average Bonchev–Trinajstić information content (AvgIpc) is 2.54. The molecule has 3 aromatic rings. The number of aryl methyl sites for hydroxylation is 1. The number of nitrogens with one attached hydrogen (secondary N) is 1. The maximum atomic E-state index is 12.5. The van der Waals surface area contributed by atoms with Crippen LogP contribution >= 0.6 is 27.5 Å². The van der Waals surface area contributed by atoms with E-state index in [-0.39, 0.29) is 11.4 Å². The highest BCUT2D eigenvalue weighted by molar-refractivity contribution is 9.10. The highest BCUT2D eigenvalue weighted by atomic mass is 79.9. The first-order valence-electron chi connectivity index (χ1n) is 7.16. The van der Waals surface area contributed by atoms with E-state index in [1.807, 2.05) is 19.1 Å². The normalized spacial score (nSPS) is 11.8.